The molecular weight excluding hydrogens is 468 g/mol. The van der Waals surface area contributed by atoms with Crippen LogP contribution in [0.4, 0.5) is 0 Å². The molecule has 0 atom stereocenters. The van der Waals surface area contributed by atoms with Gasteiger partial charge >= 0.3 is 5.97 Å². The molecule has 0 saturated heterocycles. The molecule has 0 aliphatic rings. The normalized spacial score (nSPS) is 11.1. The van der Waals surface area contributed by atoms with Gasteiger partial charge in [-0.25, -0.2) is 0 Å². The predicted molar refractivity (Wildman–Crippen MR) is 144 cm³/mol. The highest BCUT2D eigenvalue weighted by Gasteiger charge is 2.17. The van der Waals surface area contributed by atoms with Gasteiger partial charge in [0, 0.05) is 22.6 Å². The molecule has 192 valence electrons. The quantitative estimate of drug-likeness (QED) is 0.174. The number of rotatable bonds is 10. The summed E-state index contributed by atoms with van der Waals surface area (Å²) < 4.78 is 18.7. The average Bonchev–Trinajstić information content (AvgIpc) is 3.26. The molecular formula is C29H32N4O4. The van der Waals surface area contributed by atoms with Gasteiger partial charge in [-0.2, -0.15) is 5.10 Å². The molecule has 4 aromatic rings. The van der Waals surface area contributed by atoms with E-state index in [0.29, 0.717) is 23.7 Å². The zero-order chi connectivity index (χ0) is 26.5. The monoisotopic (exact) mass is 500 g/mol. The second kappa shape index (κ2) is 11.2. The van der Waals surface area contributed by atoms with E-state index in [0.717, 1.165) is 33.3 Å². The van der Waals surface area contributed by atoms with Crippen molar-refractivity contribution in [1.82, 2.24) is 9.78 Å². The molecule has 8 heteroatoms. The summed E-state index contributed by atoms with van der Waals surface area (Å²) in [5.74, 6) is 0.936. The summed E-state index contributed by atoms with van der Waals surface area (Å²) in [7, 11) is 1.59. The number of methoxy groups -OCH3 is 1. The Labute approximate surface area is 216 Å². The molecule has 0 saturated carbocycles. The lowest BCUT2D eigenvalue weighted by Gasteiger charge is -2.11. The summed E-state index contributed by atoms with van der Waals surface area (Å²) in [6.45, 7) is 6.53. The number of aromatic nitrogens is 2. The summed E-state index contributed by atoms with van der Waals surface area (Å²) in [5.41, 5.74) is 10.7. The van der Waals surface area contributed by atoms with E-state index in [9.17, 15) is 4.79 Å². The third-order valence-electron chi connectivity index (χ3n) is 6.04. The van der Waals surface area contributed by atoms with Crippen LogP contribution in [0.25, 0.3) is 22.0 Å². The molecule has 0 aliphatic heterocycles. The van der Waals surface area contributed by atoms with Gasteiger partial charge in [-0.1, -0.05) is 24.3 Å². The highest BCUT2D eigenvalue weighted by atomic mass is 16.5. The number of fused-ring (bicyclic) bond motifs is 1. The van der Waals surface area contributed by atoms with Crippen molar-refractivity contribution in [2.75, 3.05) is 13.7 Å². The molecule has 0 radical (unpaired) electrons. The van der Waals surface area contributed by atoms with Crippen LogP contribution in [0.3, 0.4) is 0 Å². The molecule has 4 rings (SSSR count). The molecule has 0 fully saturated rings. The molecule has 1 heterocycles. The topological polar surface area (TPSA) is 112 Å². The van der Waals surface area contributed by atoms with Crippen molar-refractivity contribution in [2.45, 2.75) is 39.8 Å². The van der Waals surface area contributed by atoms with E-state index in [2.05, 4.69) is 19.9 Å². The maximum Gasteiger partial charge on any atom is 0.310 e. The van der Waals surface area contributed by atoms with E-state index in [1.807, 2.05) is 53.2 Å². The third kappa shape index (κ3) is 5.74. The van der Waals surface area contributed by atoms with Crippen LogP contribution in [-0.4, -0.2) is 35.3 Å². The minimum Gasteiger partial charge on any atom is -0.497 e. The SMILES string of the molecule is CCOC(=O)Cc1ccccc1OCc1nn(C(C)C)c2ccc(-c3cc(OC)cc(C(=N)N)c3)cc12. The Morgan fingerprint density at radius 2 is 1.86 bits per heavy atom. The molecule has 0 unspecified atom stereocenters. The molecule has 3 N–H and O–H groups in total. The van der Waals surface area contributed by atoms with Gasteiger partial charge in [-0.15, -0.1) is 0 Å². The van der Waals surface area contributed by atoms with Crippen molar-refractivity contribution in [3.63, 3.8) is 0 Å². The van der Waals surface area contributed by atoms with E-state index >= 15 is 0 Å². The fraction of sp³-hybridized carbons (Fsp3) is 0.276. The lowest BCUT2D eigenvalue weighted by Crippen LogP contribution is -2.11. The molecule has 0 aliphatic carbocycles. The van der Waals surface area contributed by atoms with Crippen LogP contribution in [0.5, 0.6) is 11.5 Å². The molecule has 0 spiro atoms. The van der Waals surface area contributed by atoms with Gasteiger partial charge in [0.15, 0.2) is 0 Å². The number of nitrogen functional groups attached to an aromatic ring is 1. The Balaban J connectivity index is 1.71. The van der Waals surface area contributed by atoms with E-state index in [1.165, 1.54) is 0 Å². The first kappa shape index (κ1) is 25.8. The minimum atomic E-state index is -0.291. The second-order valence-electron chi connectivity index (χ2n) is 8.96. The Bertz CT molecular complexity index is 1440. The number of nitrogens with zero attached hydrogens (tertiary/aromatic N) is 2. The average molecular weight is 501 g/mol. The van der Waals surface area contributed by atoms with E-state index < -0.39 is 0 Å². The second-order valence-corrected chi connectivity index (χ2v) is 8.96. The van der Waals surface area contributed by atoms with Crippen molar-refractivity contribution in [3.05, 3.63) is 77.5 Å². The zero-order valence-corrected chi connectivity index (χ0v) is 21.6. The van der Waals surface area contributed by atoms with Crippen LogP contribution in [0, 0.1) is 5.41 Å². The summed E-state index contributed by atoms with van der Waals surface area (Å²) in [6.07, 6.45) is 0.143. The van der Waals surface area contributed by atoms with Crippen LogP contribution in [0.1, 0.15) is 43.6 Å². The zero-order valence-electron chi connectivity index (χ0n) is 21.6. The number of nitrogens with two attached hydrogens (primary N) is 1. The predicted octanol–water partition coefficient (Wildman–Crippen LogP) is 5.26. The first-order chi connectivity index (χ1) is 17.8. The largest absolute Gasteiger partial charge is 0.497 e. The van der Waals surface area contributed by atoms with Crippen LogP contribution < -0.4 is 15.2 Å². The molecule has 1 aromatic heterocycles. The number of ether oxygens (including phenoxy) is 3. The number of para-hydroxylation sites is 1. The fourth-order valence-corrected chi connectivity index (χ4v) is 4.23. The fourth-order valence-electron chi connectivity index (χ4n) is 4.23. The van der Waals surface area contributed by atoms with Crippen molar-refractivity contribution in [2.24, 2.45) is 5.73 Å². The van der Waals surface area contributed by atoms with Gasteiger partial charge in [-0.3, -0.25) is 14.9 Å². The highest BCUT2D eigenvalue weighted by Crippen LogP contribution is 2.32. The first-order valence-corrected chi connectivity index (χ1v) is 12.2. The molecule has 0 bridgehead atoms. The number of carbonyl (C=O) groups is 1. The molecule has 8 nitrogen and oxygen atoms in total. The van der Waals surface area contributed by atoms with Gasteiger partial charge in [0.05, 0.1) is 25.7 Å². The minimum absolute atomic E-state index is 0.0237. The molecule has 3 aromatic carbocycles. The Morgan fingerprint density at radius 1 is 1.08 bits per heavy atom. The lowest BCUT2D eigenvalue weighted by molar-refractivity contribution is -0.142. The number of nitrogens with one attached hydrogen (secondary N) is 1. The maximum absolute atomic E-state index is 12.1. The van der Waals surface area contributed by atoms with Crippen molar-refractivity contribution < 1.29 is 19.0 Å². The third-order valence-corrected chi connectivity index (χ3v) is 6.04. The van der Waals surface area contributed by atoms with Gasteiger partial charge in [0.1, 0.15) is 29.6 Å². The highest BCUT2D eigenvalue weighted by molar-refractivity contribution is 5.97. The van der Waals surface area contributed by atoms with Gasteiger partial charge in [0.25, 0.3) is 0 Å². The number of hydrogen-bond acceptors (Lipinski definition) is 6. The van der Waals surface area contributed by atoms with Gasteiger partial charge in [0.2, 0.25) is 0 Å². The summed E-state index contributed by atoms with van der Waals surface area (Å²) in [5, 5.41) is 13.7. The summed E-state index contributed by atoms with van der Waals surface area (Å²) in [6, 6.07) is 19.3. The molecule has 0 amide bonds. The maximum atomic E-state index is 12.1. The van der Waals surface area contributed by atoms with Crippen molar-refractivity contribution in [1.29, 1.82) is 5.41 Å². The summed E-state index contributed by atoms with van der Waals surface area (Å²) >= 11 is 0. The number of carbonyl (C=O) groups excluding carboxylic acids is 1. The van der Waals surface area contributed by atoms with Crippen LogP contribution in [0.2, 0.25) is 0 Å². The lowest BCUT2D eigenvalue weighted by atomic mass is 10.00. The summed E-state index contributed by atoms with van der Waals surface area (Å²) in [4.78, 5) is 12.1. The number of amidine groups is 1. The Kier molecular flexibility index (Phi) is 7.77. The van der Waals surface area contributed by atoms with Gasteiger partial charge < -0.3 is 19.9 Å². The van der Waals surface area contributed by atoms with E-state index in [1.54, 1.807) is 20.1 Å². The van der Waals surface area contributed by atoms with Crippen LogP contribution in [0.15, 0.2) is 60.7 Å². The standard InChI is InChI=1S/C29H32N4O4/c1-5-36-28(34)16-20-8-6-7-9-27(20)37-17-25-24-15-19(10-11-26(24)33(32-25)18(2)3)21-12-22(29(30)31)14-23(13-21)35-4/h6-15,18H,5,16-17H2,1-4H3,(H3,30,31). The van der Waals surface area contributed by atoms with Crippen molar-refractivity contribution >= 4 is 22.7 Å². The van der Waals surface area contributed by atoms with Gasteiger partial charge in [-0.05, 0) is 68.3 Å². The van der Waals surface area contributed by atoms with Crippen LogP contribution in [-0.2, 0) is 22.6 Å². The smallest absolute Gasteiger partial charge is 0.310 e. The number of benzene rings is 3. The Morgan fingerprint density at radius 3 is 2.57 bits per heavy atom. The van der Waals surface area contributed by atoms with E-state index in [-0.39, 0.29) is 30.9 Å². The van der Waals surface area contributed by atoms with Crippen LogP contribution >= 0.6 is 0 Å². The van der Waals surface area contributed by atoms with E-state index in [4.69, 9.17) is 30.5 Å². The number of esters is 1. The Hall–Kier alpha value is -4.33. The number of hydrogen-bond donors (Lipinski definition) is 2. The molecule has 37 heavy (non-hydrogen) atoms. The first-order valence-electron chi connectivity index (χ1n) is 12.2. The van der Waals surface area contributed by atoms with Crippen molar-refractivity contribution in [3.8, 4) is 22.6 Å².